The number of carboxylic acid groups (broad SMARTS) is 1. The van der Waals surface area contributed by atoms with E-state index in [2.05, 4.69) is 22.0 Å². The van der Waals surface area contributed by atoms with Crippen LogP contribution in [0.15, 0.2) is 77.2 Å². The number of amides is 2. The Morgan fingerprint density at radius 1 is 1.39 bits per heavy atom. The van der Waals surface area contributed by atoms with E-state index in [1.165, 1.54) is 35.2 Å². The molecule has 1 fully saturated rings. The number of aliphatic carboxylic acids is 1. The number of anilines is 1. The fourth-order valence-electron chi connectivity index (χ4n) is 3.87. The smallest absolute Gasteiger partial charge is 0.276 e. The quantitative estimate of drug-likeness (QED) is 0.0534. The van der Waals surface area contributed by atoms with Gasteiger partial charge in [0, 0.05) is 23.3 Å². The van der Waals surface area contributed by atoms with E-state index in [-0.39, 0.29) is 46.6 Å². The Labute approximate surface area is 255 Å². The van der Waals surface area contributed by atoms with Crippen LogP contribution in [0, 0.1) is 0 Å². The third kappa shape index (κ3) is 7.89. The van der Waals surface area contributed by atoms with Crippen LogP contribution in [0.25, 0.3) is 0 Å². The Morgan fingerprint density at radius 3 is 2.80 bits per heavy atom. The second-order valence-corrected chi connectivity index (χ2v) is 11.7. The molecule has 3 atom stereocenters. The number of oxime groups is 1. The van der Waals surface area contributed by atoms with Crippen molar-refractivity contribution in [3.8, 4) is 0 Å². The van der Waals surface area contributed by atoms with Crippen molar-refractivity contribution in [2.24, 2.45) is 10.9 Å². The number of fused-ring (bicyclic) bond motifs is 1. The van der Waals surface area contributed by atoms with Crippen LogP contribution in [0.1, 0.15) is 18.5 Å². The molecule has 2 aromatic heterocycles. The van der Waals surface area contributed by atoms with E-state index in [1.54, 1.807) is 6.08 Å². The predicted molar refractivity (Wildman–Crippen MR) is 159 cm³/mol. The van der Waals surface area contributed by atoms with E-state index in [0.717, 1.165) is 16.2 Å². The zero-order valence-electron chi connectivity index (χ0n) is 21.6. The number of pyridine rings is 1. The SMILES string of the molecule is C=CCON=C(C(=O)NC1C(=O)N2C(C(=O)[O-])=C(C=CCCC(N)S[n+]3ccccc3)CS[C@@H]12)c1csc(N)n1.Cl. The molecule has 4 heterocycles. The maximum Gasteiger partial charge on any atom is 0.276 e. The molecule has 218 valence electrons. The Morgan fingerprint density at radius 2 is 2.15 bits per heavy atom. The monoisotopic (exact) mass is 637 g/mol. The summed E-state index contributed by atoms with van der Waals surface area (Å²) in [5, 5.41) is 19.5. The molecule has 4 rings (SSSR count). The first-order chi connectivity index (χ1) is 19.3. The molecule has 2 unspecified atom stereocenters. The number of nitrogen functional groups attached to an aromatic ring is 1. The van der Waals surface area contributed by atoms with Gasteiger partial charge < -0.3 is 31.5 Å². The highest BCUT2D eigenvalue weighted by Crippen LogP contribution is 2.40. The van der Waals surface area contributed by atoms with Gasteiger partial charge in [0.25, 0.3) is 11.8 Å². The van der Waals surface area contributed by atoms with Gasteiger partial charge in [-0.25, -0.2) is 4.98 Å². The van der Waals surface area contributed by atoms with Gasteiger partial charge in [-0.3, -0.25) is 14.5 Å². The number of hydrogen-bond acceptors (Lipinski definition) is 12. The number of hydrogen-bond donors (Lipinski definition) is 3. The van der Waals surface area contributed by atoms with Crippen LogP contribution >= 0.6 is 47.5 Å². The van der Waals surface area contributed by atoms with Gasteiger partial charge in [0.15, 0.2) is 35.2 Å². The van der Waals surface area contributed by atoms with Gasteiger partial charge in [-0.1, -0.05) is 36.0 Å². The number of β-lactam (4-membered cyclic amide) rings is 1. The van der Waals surface area contributed by atoms with Gasteiger partial charge in [-0.15, -0.1) is 39.5 Å². The van der Waals surface area contributed by atoms with Crippen molar-refractivity contribution in [3.63, 3.8) is 0 Å². The minimum atomic E-state index is -1.46. The normalized spacial score (nSPS) is 19.2. The Kier molecular flexibility index (Phi) is 11.8. The number of nitrogens with two attached hydrogens (primary N) is 2. The Balaban J connectivity index is 0.00000462. The molecule has 2 amide bonds. The molecule has 41 heavy (non-hydrogen) atoms. The molecule has 2 aromatic rings. The van der Waals surface area contributed by atoms with Crippen LogP contribution in [0.5, 0.6) is 0 Å². The largest absolute Gasteiger partial charge is 0.543 e. The van der Waals surface area contributed by atoms with Gasteiger partial charge >= 0.3 is 0 Å². The van der Waals surface area contributed by atoms with Gasteiger partial charge in [-0.05, 0) is 18.4 Å². The van der Waals surface area contributed by atoms with Crippen molar-refractivity contribution in [2.75, 3.05) is 18.1 Å². The molecule has 2 aliphatic rings. The molecule has 0 radical (unpaired) electrons. The first kappa shape index (κ1) is 32.1. The maximum atomic E-state index is 13.0. The third-order valence-corrected chi connectivity index (χ3v) is 8.66. The topological polar surface area (TPSA) is 180 Å². The molecule has 2 aliphatic heterocycles. The molecule has 12 nitrogen and oxygen atoms in total. The summed E-state index contributed by atoms with van der Waals surface area (Å²) in [7, 11) is 0. The Bertz CT molecular complexity index is 1370. The summed E-state index contributed by atoms with van der Waals surface area (Å²) in [6, 6.07) is 4.78. The summed E-state index contributed by atoms with van der Waals surface area (Å²) >= 11 is 3.93. The lowest BCUT2D eigenvalue weighted by molar-refractivity contribution is -0.495. The lowest BCUT2D eigenvalue weighted by Gasteiger charge is -2.50. The summed E-state index contributed by atoms with van der Waals surface area (Å²) in [6.07, 6.45) is 10.1. The van der Waals surface area contributed by atoms with Gasteiger partial charge in [-0.2, -0.15) is 0 Å². The third-order valence-electron chi connectivity index (χ3n) is 5.69. The number of thiazole rings is 1. The van der Waals surface area contributed by atoms with E-state index in [0.29, 0.717) is 24.2 Å². The molecule has 0 aromatic carbocycles. The highest BCUT2D eigenvalue weighted by atomic mass is 35.5. The highest BCUT2D eigenvalue weighted by Gasteiger charge is 2.53. The fraction of sp³-hybridized carbons (Fsp3) is 0.280. The van der Waals surface area contributed by atoms with Crippen molar-refractivity contribution in [1.29, 1.82) is 0 Å². The fourth-order valence-corrected chi connectivity index (χ4v) is 6.57. The molecular formula is C25H28ClN7O5S3. The highest BCUT2D eigenvalue weighted by molar-refractivity contribution is 8.00. The first-order valence-electron chi connectivity index (χ1n) is 12.1. The second-order valence-electron chi connectivity index (χ2n) is 8.48. The van der Waals surface area contributed by atoms with E-state index in [9.17, 15) is 19.5 Å². The minimum Gasteiger partial charge on any atom is -0.543 e. The van der Waals surface area contributed by atoms with Crippen LogP contribution in [0.3, 0.4) is 0 Å². The zero-order valence-corrected chi connectivity index (χ0v) is 24.8. The number of rotatable bonds is 13. The van der Waals surface area contributed by atoms with Crippen molar-refractivity contribution in [2.45, 2.75) is 29.6 Å². The number of nitrogens with one attached hydrogen (secondary N) is 1. The van der Waals surface area contributed by atoms with Crippen molar-refractivity contribution in [3.05, 3.63) is 77.7 Å². The standard InChI is InChI=1S/C25H27N7O5S3.ClH/c1-2-12-37-30-18(16-14-39-25(27)28-16)21(33)29-19-22(34)32-20(24(35)36)15(13-38-23(19)32)8-4-5-9-17(26)40-31-10-6-3-7-11-31;/h2-4,6-8,10-11,14,17,19,23H,1,5,9,12-13,26H2,(H3-,27,28,29,33,35,36);1H/t17?,19?,23-;/m0./s1. The summed E-state index contributed by atoms with van der Waals surface area (Å²) < 4.78 is 1.92. The number of thioether (sulfide) groups is 1. The molecular weight excluding hydrogens is 610 g/mol. The van der Waals surface area contributed by atoms with E-state index < -0.39 is 29.2 Å². The van der Waals surface area contributed by atoms with E-state index in [1.807, 2.05) is 40.6 Å². The average molecular weight is 638 g/mol. The van der Waals surface area contributed by atoms with Gasteiger partial charge in [0.05, 0.1) is 11.7 Å². The molecule has 0 saturated carbocycles. The van der Waals surface area contributed by atoms with Gasteiger partial charge in [0.2, 0.25) is 0 Å². The molecule has 16 heteroatoms. The van der Waals surface area contributed by atoms with Crippen LogP contribution < -0.4 is 25.9 Å². The molecule has 0 bridgehead atoms. The lowest BCUT2D eigenvalue weighted by atomic mass is 10.0. The summed E-state index contributed by atoms with van der Waals surface area (Å²) in [6.45, 7) is 3.58. The zero-order chi connectivity index (χ0) is 28.6. The summed E-state index contributed by atoms with van der Waals surface area (Å²) in [5.41, 5.74) is 12.1. The summed E-state index contributed by atoms with van der Waals surface area (Å²) in [4.78, 5) is 48.4. The van der Waals surface area contributed by atoms with Crippen molar-refractivity contribution in [1.82, 2.24) is 15.2 Å². The van der Waals surface area contributed by atoms with Crippen LogP contribution in [-0.4, -0.2) is 62.5 Å². The maximum absolute atomic E-state index is 13.0. The summed E-state index contributed by atoms with van der Waals surface area (Å²) in [5.74, 6) is -2.43. The van der Waals surface area contributed by atoms with Crippen molar-refractivity contribution < 1.29 is 28.3 Å². The van der Waals surface area contributed by atoms with Crippen LogP contribution in [-0.2, 0) is 19.2 Å². The number of carbonyl (C=O) groups excluding carboxylic acids is 3. The molecule has 5 N–H and O–H groups in total. The first-order valence-corrected chi connectivity index (χ1v) is 14.8. The average Bonchev–Trinajstić information content (AvgIpc) is 3.37. The number of nitrogens with zero attached hydrogens (tertiary/aromatic N) is 4. The molecule has 1 saturated heterocycles. The van der Waals surface area contributed by atoms with E-state index in [4.69, 9.17) is 16.3 Å². The predicted octanol–water partition coefficient (Wildman–Crippen LogP) is 0.563. The number of halogens is 1. The van der Waals surface area contributed by atoms with Gasteiger partial charge in [0.1, 0.15) is 29.1 Å². The van der Waals surface area contributed by atoms with Crippen molar-refractivity contribution >= 4 is 76.1 Å². The number of carbonyl (C=O) groups is 3. The second kappa shape index (κ2) is 15.0. The number of allylic oxidation sites excluding steroid dienone is 2. The van der Waals surface area contributed by atoms with Crippen LogP contribution in [0.2, 0.25) is 0 Å². The number of carboxylic acids is 1. The lowest BCUT2D eigenvalue weighted by Crippen LogP contribution is -2.71. The molecule has 0 spiro atoms. The Hall–Kier alpha value is -3.37. The van der Waals surface area contributed by atoms with Crippen LogP contribution in [0.4, 0.5) is 5.13 Å². The molecule has 0 aliphatic carbocycles. The van der Waals surface area contributed by atoms with E-state index >= 15 is 0 Å². The number of aromatic nitrogens is 2. The minimum absolute atomic E-state index is 0.